The average Bonchev–Trinajstić information content (AvgIpc) is 3.41. The molecule has 0 bridgehead atoms. The van der Waals surface area contributed by atoms with E-state index in [0.717, 1.165) is 122 Å². The molecule has 1 atom stereocenters. The van der Waals surface area contributed by atoms with E-state index >= 15 is 0 Å². The third-order valence-electron chi connectivity index (χ3n) is 12.0. The second-order valence-corrected chi connectivity index (χ2v) is 19.1. The van der Waals surface area contributed by atoms with Gasteiger partial charge in [-0.2, -0.15) is 0 Å². The van der Waals surface area contributed by atoms with Gasteiger partial charge in [0.1, 0.15) is 13.2 Å². The van der Waals surface area contributed by atoms with E-state index in [1.807, 2.05) is 0 Å². The fourth-order valence-corrected chi connectivity index (χ4v) is 7.61. The van der Waals surface area contributed by atoms with E-state index < -0.39 is 6.10 Å². The van der Waals surface area contributed by atoms with Gasteiger partial charge in [-0.05, 0) is 122 Å². The molecule has 0 aromatic heterocycles. The van der Waals surface area contributed by atoms with Crippen molar-refractivity contribution in [2.45, 2.75) is 245 Å². The van der Waals surface area contributed by atoms with E-state index in [2.05, 4.69) is 179 Å². The molecular weight excluding hydrogens is 925 g/mol. The van der Waals surface area contributed by atoms with Crippen molar-refractivity contribution in [3.05, 3.63) is 158 Å². The highest BCUT2D eigenvalue weighted by Gasteiger charge is 2.19. The van der Waals surface area contributed by atoms with Crippen LogP contribution < -0.4 is 0 Å². The lowest BCUT2D eigenvalue weighted by atomic mass is 10.0. The first-order chi connectivity index (χ1) is 37.0. The molecule has 0 amide bonds. The first-order valence-corrected chi connectivity index (χ1v) is 30.0. The molecule has 0 aromatic rings. The highest BCUT2D eigenvalue weighted by Crippen LogP contribution is 2.14. The minimum atomic E-state index is -0.829. The van der Waals surface area contributed by atoms with Gasteiger partial charge in [0.15, 0.2) is 6.10 Å². The zero-order valence-electron chi connectivity index (χ0n) is 48.0. The van der Waals surface area contributed by atoms with Gasteiger partial charge >= 0.3 is 17.9 Å². The Kier molecular flexibility index (Phi) is 57.5. The summed E-state index contributed by atoms with van der Waals surface area (Å²) in [5.74, 6) is -1.03. The summed E-state index contributed by atoms with van der Waals surface area (Å²) in [6, 6.07) is 0. The molecule has 0 aliphatic rings. The Morgan fingerprint density at radius 3 is 0.867 bits per heavy atom. The first kappa shape index (κ1) is 70.0. The van der Waals surface area contributed by atoms with Crippen molar-refractivity contribution in [3.63, 3.8) is 0 Å². The van der Waals surface area contributed by atoms with E-state index in [-0.39, 0.29) is 44.0 Å². The minimum Gasteiger partial charge on any atom is -0.462 e. The van der Waals surface area contributed by atoms with Gasteiger partial charge in [-0.15, -0.1) is 0 Å². The lowest BCUT2D eigenvalue weighted by molar-refractivity contribution is -0.167. The molecular formula is C69H108O6. The number of hydrogen-bond donors (Lipinski definition) is 0. The van der Waals surface area contributed by atoms with E-state index in [0.29, 0.717) is 19.3 Å². The molecule has 0 heterocycles. The Labute approximate surface area is 460 Å². The van der Waals surface area contributed by atoms with Crippen LogP contribution in [0, 0.1) is 0 Å². The van der Waals surface area contributed by atoms with E-state index in [1.165, 1.54) is 64.2 Å². The van der Waals surface area contributed by atoms with Crippen LogP contribution in [0.1, 0.15) is 239 Å². The molecule has 0 aliphatic heterocycles. The first-order valence-electron chi connectivity index (χ1n) is 30.0. The van der Waals surface area contributed by atoms with Gasteiger partial charge in [-0.3, -0.25) is 14.4 Å². The van der Waals surface area contributed by atoms with Crippen molar-refractivity contribution in [2.24, 2.45) is 0 Å². The van der Waals surface area contributed by atoms with Crippen LogP contribution in [0.25, 0.3) is 0 Å². The van der Waals surface area contributed by atoms with Crippen molar-refractivity contribution in [3.8, 4) is 0 Å². The molecule has 0 saturated heterocycles. The second kappa shape index (κ2) is 61.6. The molecule has 1 unspecified atom stereocenters. The summed E-state index contributed by atoms with van der Waals surface area (Å²) < 4.78 is 16.8. The lowest BCUT2D eigenvalue weighted by Gasteiger charge is -2.18. The van der Waals surface area contributed by atoms with Crippen LogP contribution in [0.4, 0.5) is 0 Å². The predicted octanol–water partition coefficient (Wildman–Crippen LogP) is 20.5. The Morgan fingerprint density at radius 2 is 0.533 bits per heavy atom. The maximum atomic E-state index is 12.8. The van der Waals surface area contributed by atoms with E-state index in [1.54, 1.807) is 0 Å². The van der Waals surface area contributed by atoms with Gasteiger partial charge in [0, 0.05) is 19.3 Å². The van der Waals surface area contributed by atoms with Crippen molar-refractivity contribution >= 4 is 17.9 Å². The number of allylic oxidation sites excluding steroid dienone is 26. The highest BCUT2D eigenvalue weighted by atomic mass is 16.6. The third kappa shape index (κ3) is 59.8. The molecule has 0 spiro atoms. The minimum absolute atomic E-state index is 0.117. The van der Waals surface area contributed by atoms with Crippen LogP contribution in [-0.2, 0) is 28.6 Å². The second-order valence-electron chi connectivity index (χ2n) is 19.1. The molecule has 6 nitrogen and oxygen atoms in total. The lowest BCUT2D eigenvalue weighted by Crippen LogP contribution is -2.30. The number of carbonyl (C=O) groups is 3. The number of esters is 3. The number of hydrogen-bond acceptors (Lipinski definition) is 6. The SMILES string of the molecule is CC/C=C\C/C=C\C/C=C\C/C=C\C/C=C\C/C=C\C/C=C\C/C=C\C/C=C\CCCC(=O)OCC(COC(=O)CCCCCCCCCCCCCCC)OC(=O)CCCC/C=C\C/C=C\C/C=C\C/C=C\CC. The van der Waals surface area contributed by atoms with Crippen LogP contribution in [0.2, 0.25) is 0 Å². The van der Waals surface area contributed by atoms with Crippen molar-refractivity contribution in [2.75, 3.05) is 13.2 Å². The number of carbonyl (C=O) groups excluding carboxylic acids is 3. The fourth-order valence-electron chi connectivity index (χ4n) is 7.61. The summed E-state index contributed by atoms with van der Waals surface area (Å²) in [5.41, 5.74) is 0. The Morgan fingerprint density at radius 1 is 0.280 bits per heavy atom. The number of unbranched alkanes of at least 4 members (excludes halogenated alkanes) is 15. The number of rotatable bonds is 52. The maximum Gasteiger partial charge on any atom is 0.306 e. The zero-order valence-corrected chi connectivity index (χ0v) is 48.0. The summed E-state index contributed by atoms with van der Waals surface area (Å²) in [6.45, 7) is 6.31. The van der Waals surface area contributed by atoms with Crippen LogP contribution >= 0.6 is 0 Å². The van der Waals surface area contributed by atoms with Gasteiger partial charge < -0.3 is 14.2 Å². The summed E-state index contributed by atoms with van der Waals surface area (Å²) >= 11 is 0. The molecule has 0 aromatic carbocycles. The predicted molar refractivity (Wildman–Crippen MR) is 325 cm³/mol. The molecule has 0 radical (unpaired) electrons. The quantitative estimate of drug-likeness (QED) is 0.0261. The largest absolute Gasteiger partial charge is 0.462 e. The van der Waals surface area contributed by atoms with Crippen LogP contribution in [0.3, 0.4) is 0 Å². The normalized spacial score (nSPS) is 13.3. The van der Waals surface area contributed by atoms with Gasteiger partial charge in [0.25, 0.3) is 0 Å². The summed E-state index contributed by atoms with van der Waals surface area (Å²) in [5, 5.41) is 0. The van der Waals surface area contributed by atoms with E-state index in [4.69, 9.17) is 14.2 Å². The van der Waals surface area contributed by atoms with Crippen molar-refractivity contribution in [1.29, 1.82) is 0 Å². The van der Waals surface area contributed by atoms with Gasteiger partial charge in [-0.1, -0.05) is 256 Å². The highest BCUT2D eigenvalue weighted by molar-refractivity contribution is 5.71. The zero-order chi connectivity index (χ0) is 54.3. The Bertz CT molecular complexity index is 1710. The molecule has 75 heavy (non-hydrogen) atoms. The fraction of sp³-hybridized carbons (Fsp3) is 0.580. The number of ether oxygens (including phenoxy) is 3. The van der Waals surface area contributed by atoms with E-state index in [9.17, 15) is 14.4 Å². The van der Waals surface area contributed by atoms with Crippen molar-refractivity contribution in [1.82, 2.24) is 0 Å². The van der Waals surface area contributed by atoms with Crippen LogP contribution in [0.15, 0.2) is 158 Å². The molecule has 420 valence electrons. The standard InChI is InChI=1S/C69H108O6/c1-4-7-10-13-16-19-22-25-27-28-29-30-31-32-33-34-35-36-37-38-39-40-42-44-47-50-53-56-59-62-68(71)74-65-66(64-73-67(70)61-58-55-52-49-46-43-24-21-18-15-12-9-6-3)75-69(72)63-60-57-54-51-48-45-41-26-23-20-17-14-11-8-5-2/h7-8,10-11,16-17,19-20,25-27,29-30,32-33,35-36,38-39,41-42,44,48,50-51,53,66H,4-6,9,12-15,18,21-24,28,31,34,37,40,43,45-47,49,52,54-65H2,1-3H3/b10-7-,11-8-,19-16-,20-17-,27-25-,30-29-,33-32-,36-35-,39-38-,41-26-,44-42-,51-48-,53-50-. The molecule has 0 fully saturated rings. The molecule has 0 N–H and O–H groups in total. The molecule has 0 saturated carbocycles. The maximum absolute atomic E-state index is 12.8. The molecule has 6 heteroatoms. The van der Waals surface area contributed by atoms with Crippen LogP contribution in [0.5, 0.6) is 0 Å². The summed E-state index contributed by atoms with van der Waals surface area (Å²) in [7, 11) is 0. The van der Waals surface area contributed by atoms with Crippen LogP contribution in [-0.4, -0.2) is 37.2 Å². The topological polar surface area (TPSA) is 78.9 Å². The summed E-state index contributed by atoms with van der Waals surface area (Å²) in [6.07, 6.45) is 89.6. The van der Waals surface area contributed by atoms with Gasteiger partial charge in [0.2, 0.25) is 0 Å². The molecule has 0 aliphatic carbocycles. The van der Waals surface area contributed by atoms with Gasteiger partial charge in [-0.25, -0.2) is 0 Å². The Hall–Kier alpha value is -4.97. The smallest absolute Gasteiger partial charge is 0.306 e. The van der Waals surface area contributed by atoms with Gasteiger partial charge in [0.05, 0.1) is 0 Å². The van der Waals surface area contributed by atoms with Crippen molar-refractivity contribution < 1.29 is 28.6 Å². The molecule has 0 rings (SSSR count). The average molecular weight is 1030 g/mol. The summed E-state index contributed by atoms with van der Waals surface area (Å²) in [4.78, 5) is 38.1. The monoisotopic (exact) mass is 1030 g/mol. The Balaban J connectivity index is 4.48. The third-order valence-corrected chi connectivity index (χ3v) is 12.0.